The second kappa shape index (κ2) is 7.34. The molecule has 1 fully saturated rings. The predicted molar refractivity (Wildman–Crippen MR) is 136 cm³/mol. The Hall–Kier alpha value is -2.32. The number of aryl methyl sites for hydroxylation is 1. The van der Waals surface area contributed by atoms with Gasteiger partial charge in [-0.2, -0.15) is 0 Å². The van der Waals surface area contributed by atoms with Crippen LogP contribution in [-0.2, 0) is 9.31 Å². The van der Waals surface area contributed by atoms with E-state index in [1.807, 2.05) is 45.9 Å². The molecule has 34 heavy (non-hydrogen) atoms. The number of fused-ring (bicyclic) bond motifs is 5. The normalized spacial score (nSPS) is 20.3. The van der Waals surface area contributed by atoms with Gasteiger partial charge in [-0.25, -0.2) is 4.39 Å². The van der Waals surface area contributed by atoms with Crippen molar-refractivity contribution in [1.29, 1.82) is 0 Å². The Morgan fingerprint density at radius 3 is 2.41 bits per heavy atom. The lowest BCUT2D eigenvalue weighted by atomic mass is 9.78. The third kappa shape index (κ3) is 3.25. The monoisotopic (exact) mass is 495 g/mol. The van der Waals surface area contributed by atoms with Crippen molar-refractivity contribution in [2.45, 2.75) is 52.0 Å². The van der Waals surface area contributed by atoms with Crippen LogP contribution in [-0.4, -0.2) is 22.9 Å². The van der Waals surface area contributed by atoms with E-state index in [-0.39, 0.29) is 0 Å². The highest BCUT2D eigenvalue weighted by atomic mass is 35.5. The Morgan fingerprint density at radius 1 is 1.00 bits per heavy atom. The molecule has 1 atom stereocenters. The Kier molecular flexibility index (Phi) is 4.79. The summed E-state index contributed by atoms with van der Waals surface area (Å²) in [5.74, 6) is 0.0427. The SMILES string of the molecule is Cc1ccc(C2Oc3cc(Cl)cc(F)c3-c3cc4cc(B5OC(C)(C)C(C)(C)O5)ccc4n32)s1. The van der Waals surface area contributed by atoms with E-state index in [0.29, 0.717) is 16.3 Å². The smallest absolute Gasteiger partial charge is 0.464 e. The molecule has 4 aromatic rings. The fraction of sp³-hybridized carbons (Fsp3) is 0.308. The minimum absolute atomic E-state index is 0.310. The molecule has 1 saturated heterocycles. The van der Waals surface area contributed by atoms with E-state index in [9.17, 15) is 0 Å². The average Bonchev–Trinajstić information content (AvgIpc) is 3.40. The van der Waals surface area contributed by atoms with E-state index >= 15 is 4.39 Å². The highest BCUT2D eigenvalue weighted by molar-refractivity contribution is 7.12. The van der Waals surface area contributed by atoms with Gasteiger partial charge in [0.15, 0.2) is 0 Å². The number of nitrogens with zero attached hydrogens (tertiary/aromatic N) is 1. The van der Waals surface area contributed by atoms with Gasteiger partial charge in [-0.1, -0.05) is 23.7 Å². The van der Waals surface area contributed by atoms with Crippen LogP contribution in [0.2, 0.25) is 5.02 Å². The number of benzene rings is 2. The van der Waals surface area contributed by atoms with Crippen molar-refractivity contribution in [1.82, 2.24) is 4.57 Å². The molecular weight excluding hydrogens is 472 g/mol. The lowest BCUT2D eigenvalue weighted by molar-refractivity contribution is 0.00578. The first-order valence-electron chi connectivity index (χ1n) is 11.3. The summed E-state index contributed by atoms with van der Waals surface area (Å²) in [6.45, 7) is 10.2. The molecule has 1 unspecified atom stereocenters. The molecule has 0 saturated carbocycles. The summed E-state index contributed by atoms with van der Waals surface area (Å²) in [7, 11) is -0.471. The number of halogens is 2. The summed E-state index contributed by atoms with van der Waals surface area (Å²) < 4.78 is 36.1. The van der Waals surface area contributed by atoms with Gasteiger partial charge in [0.05, 0.1) is 32.9 Å². The Bertz CT molecular complexity index is 1440. The van der Waals surface area contributed by atoms with Crippen molar-refractivity contribution in [2.75, 3.05) is 0 Å². The van der Waals surface area contributed by atoms with Gasteiger partial charge in [-0.05, 0) is 76.5 Å². The largest absolute Gasteiger partial charge is 0.494 e. The standard InChI is InChI=1S/C26H24BClFNO3S/c1-14-6-9-22(34-14)24-30-19-8-7-16(27-32-25(2,3)26(4,5)33-27)10-15(19)11-20(30)23-18(29)12-17(28)13-21(23)31-24/h6-13,24H,1-5H3. The molecule has 2 aromatic heterocycles. The van der Waals surface area contributed by atoms with E-state index in [1.165, 1.54) is 10.9 Å². The van der Waals surface area contributed by atoms with Gasteiger partial charge in [-0.3, -0.25) is 4.57 Å². The lowest BCUT2D eigenvalue weighted by Crippen LogP contribution is -2.41. The molecule has 0 aliphatic carbocycles. The molecule has 0 radical (unpaired) electrons. The van der Waals surface area contributed by atoms with Crippen molar-refractivity contribution >= 4 is 46.4 Å². The maximum absolute atomic E-state index is 15.2. The minimum Gasteiger partial charge on any atom is -0.464 e. The molecule has 174 valence electrons. The molecule has 8 heteroatoms. The zero-order valence-electron chi connectivity index (χ0n) is 19.6. The molecule has 4 heterocycles. The van der Waals surface area contributed by atoms with E-state index < -0.39 is 30.4 Å². The average molecular weight is 496 g/mol. The quantitative estimate of drug-likeness (QED) is 0.290. The summed E-state index contributed by atoms with van der Waals surface area (Å²) in [5.41, 5.74) is 2.20. The lowest BCUT2D eigenvalue weighted by Gasteiger charge is -2.32. The maximum atomic E-state index is 15.2. The molecule has 0 bridgehead atoms. The van der Waals surface area contributed by atoms with Crippen molar-refractivity contribution in [3.63, 3.8) is 0 Å². The summed E-state index contributed by atoms with van der Waals surface area (Å²) in [6.07, 6.45) is -0.417. The first-order chi connectivity index (χ1) is 16.0. The summed E-state index contributed by atoms with van der Waals surface area (Å²) >= 11 is 7.84. The second-order valence-electron chi connectivity index (χ2n) is 9.99. The van der Waals surface area contributed by atoms with Gasteiger partial charge in [0, 0.05) is 15.3 Å². The van der Waals surface area contributed by atoms with Crippen LogP contribution in [0.25, 0.3) is 22.2 Å². The summed E-state index contributed by atoms with van der Waals surface area (Å²) in [4.78, 5) is 2.22. The maximum Gasteiger partial charge on any atom is 0.494 e. The minimum atomic E-state index is -0.471. The van der Waals surface area contributed by atoms with Gasteiger partial charge in [0.2, 0.25) is 6.23 Å². The fourth-order valence-corrected chi connectivity index (χ4v) is 5.75. The van der Waals surface area contributed by atoms with Crippen molar-refractivity contribution in [3.05, 3.63) is 69.1 Å². The van der Waals surface area contributed by atoms with E-state index in [2.05, 4.69) is 29.7 Å². The Morgan fingerprint density at radius 2 is 1.74 bits per heavy atom. The highest BCUT2D eigenvalue weighted by Crippen LogP contribution is 2.47. The molecule has 2 aliphatic rings. The van der Waals surface area contributed by atoms with Gasteiger partial charge >= 0.3 is 7.12 Å². The van der Waals surface area contributed by atoms with Crippen LogP contribution in [0, 0.1) is 12.7 Å². The first kappa shape index (κ1) is 22.2. The van der Waals surface area contributed by atoms with Crippen LogP contribution >= 0.6 is 22.9 Å². The van der Waals surface area contributed by atoms with E-state index in [0.717, 1.165) is 26.9 Å². The third-order valence-corrected chi connectivity index (χ3v) is 8.39. The van der Waals surface area contributed by atoms with E-state index in [4.69, 9.17) is 25.6 Å². The van der Waals surface area contributed by atoms with Crippen LogP contribution < -0.4 is 10.2 Å². The molecule has 0 N–H and O–H groups in total. The molecule has 4 nitrogen and oxygen atoms in total. The number of aromatic nitrogens is 1. The van der Waals surface area contributed by atoms with Crippen molar-refractivity contribution < 1.29 is 18.4 Å². The van der Waals surface area contributed by atoms with Gasteiger partial charge in [0.25, 0.3) is 0 Å². The van der Waals surface area contributed by atoms with Gasteiger partial charge < -0.3 is 14.0 Å². The van der Waals surface area contributed by atoms with Gasteiger partial charge in [-0.15, -0.1) is 11.3 Å². The molecule has 0 spiro atoms. The zero-order valence-corrected chi connectivity index (χ0v) is 21.2. The predicted octanol–water partition coefficient (Wildman–Crippen LogP) is 6.71. The fourth-order valence-electron chi connectivity index (χ4n) is 4.66. The van der Waals surface area contributed by atoms with Crippen LogP contribution in [0.5, 0.6) is 5.75 Å². The Labute approximate surface area is 207 Å². The van der Waals surface area contributed by atoms with Crippen LogP contribution in [0.15, 0.2) is 48.5 Å². The number of thiophene rings is 1. The summed E-state index contributed by atoms with van der Waals surface area (Å²) in [5, 5.41) is 1.27. The van der Waals surface area contributed by atoms with E-state index in [1.54, 1.807) is 17.4 Å². The molecule has 2 aliphatic heterocycles. The number of rotatable bonds is 2. The topological polar surface area (TPSA) is 32.6 Å². The second-order valence-corrected chi connectivity index (χ2v) is 11.7. The number of ether oxygens (including phenoxy) is 1. The van der Waals surface area contributed by atoms with Crippen LogP contribution in [0.1, 0.15) is 43.7 Å². The Balaban J connectivity index is 1.53. The molecule has 6 rings (SSSR count). The van der Waals surface area contributed by atoms with Crippen LogP contribution in [0.4, 0.5) is 4.39 Å². The van der Waals surface area contributed by atoms with Crippen molar-refractivity contribution in [2.24, 2.45) is 0 Å². The molecule has 0 amide bonds. The number of hydrogen-bond donors (Lipinski definition) is 0. The number of hydrogen-bond acceptors (Lipinski definition) is 4. The van der Waals surface area contributed by atoms with Gasteiger partial charge in [0.1, 0.15) is 11.6 Å². The first-order valence-corrected chi connectivity index (χ1v) is 12.5. The van der Waals surface area contributed by atoms with Crippen molar-refractivity contribution in [3.8, 4) is 17.0 Å². The summed E-state index contributed by atoms with van der Waals surface area (Å²) in [6, 6.07) is 15.3. The molecule has 2 aromatic carbocycles. The third-order valence-electron chi connectivity index (χ3n) is 7.14. The molecular formula is C26H24BClFNO3S. The van der Waals surface area contributed by atoms with Crippen LogP contribution in [0.3, 0.4) is 0 Å². The zero-order chi connectivity index (χ0) is 24.0. The highest BCUT2D eigenvalue weighted by Gasteiger charge is 2.51.